The van der Waals surface area contributed by atoms with E-state index in [1.165, 1.54) is 77.7 Å². The Morgan fingerprint density at radius 3 is 2.68 bits per heavy atom. The highest BCUT2D eigenvalue weighted by Crippen LogP contribution is 2.27. The van der Waals surface area contributed by atoms with Crippen LogP contribution in [0.25, 0.3) is 0 Å². The molecule has 3 atom stereocenters. The zero-order chi connectivity index (χ0) is 13.1. The first-order valence-electron chi connectivity index (χ1n) is 8.50. The summed E-state index contributed by atoms with van der Waals surface area (Å²) in [5.74, 6) is 0.897. The molecule has 3 unspecified atom stereocenters. The minimum absolute atomic E-state index is 0.776. The fraction of sp³-hybridized carbons (Fsp3) is 1.00. The van der Waals surface area contributed by atoms with Crippen molar-refractivity contribution < 1.29 is 0 Å². The second-order valence-electron chi connectivity index (χ2n) is 6.88. The van der Waals surface area contributed by atoms with Gasteiger partial charge in [0, 0.05) is 38.3 Å². The van der Waals surface area contributed by atoms with E-state index in [2.05, 4.69) is 22.2 Å². The third kappa shape index (κ3) is 3.32. The third-order valence-corrected chi connectivity index (χ3v) is 5.69. The average molecular weight is 265 g/mol. The topological polar surface area (TPSA) is 18.5 Å². The van der Waals surface area contributed by atoms with Crippen LogP contribution < -0.4 is 5.32 Å². The molecule has 0 bridgehead atoms. The number of nitrogens with zero attached hydrogens (tertiary/aromatic N) is 2. The molecule has 2 saturated heterocycles. The van der Waals surface area contributed by atoms with Crippen LogP contribution in [0.2, 0.25) is 0 Å². The lowest BCUT2D eigenvalue weighted by Gasteiger charge is -2.46. The maximum Gasteiger partial charge on any atom is 0.0223 e. The molecular formula is C16H31N3. The van der Waals surface area contributed by atoms with E-state index < -0.39 is 0 Å². The minimum Gasteiger partial charge on any atom is -0.317 e. The van der Waals surface area contributed by atoms with E-state index >= 15 is 0 Å². The van der Waals surface area contributed by atoms with Crippen molar-refractivity contribution >= 4 is 0 Å². The molecule has 0 radical (unpaired) electrons. The highest BCUT2D eigenvalue weighted by Gasteiger charge is 2.31. The smallest absolute Gasteiger partial charge is 0.0223 e. The molecule has 19 heavy (non-hydrogen) atoms. The molecule has 0 amide bonds. The summed E-state index contributed by atoms with van der Waals surface area (Å²) in [5, 5.41) is 3.56. The van der Waals surface area contributed by atoms with Crippen LogP contribution in [0.3, 0.4) is 0 Å². The van der Waals surface area contributed by atoms with Gasteiger partial charge in [0.05, 0.1) is 0 Å². The molecule has 3 rings (SSSR count). The third-order valence-electron chi connectivity index (χ3n) is 5.69. The highest BCUT2D eigenvalue weighted by molar-refractivity contribution is 4.88. The Kier molecular flexibility index (Phi) is 4.78. The molecule has 0 aromatic heterocycles. The van der Waals surface area contributed by atoms with E-state index in [1.54, 1.807) is 0 Å². The van der Waals surface area contributed by atoms with Crippen molar-refractivity contribution in [3.05, 3.63) is 0 Å². The number of piperidine rings is 1. The fourth-order valence-electron chi connectivity index (χ4n) is 4.52. The average Bonchev–Trinajstić information content (AvgIpc) is 2.48. The Bertz CT molecular complexity index is 281. The molecule has 0 spiro atoms. The van der Waals surface area contributed by atoms with Gasteiger partial charge >= 0.3 is 0 Å². The zero-order valence-corrected chi connectivity index (χ0v) is 12.6. The standard InChI is InChI=1S/C16H31N3/c1-17-16-8-3-2-6-14(16)12-18-10-11-19-9-5-4-7-15(19)13-18/h14-17H,2-13H2,1H3. The lowest BCUT2D eigenvalue weighted by Crippen LogP contribution is -2.56. The Balaban J connectivity index is 1.52. The minimum atomic E-state index is 0.776. The Labute approximate surface area is 118 Å². The highest BCUT2D eigenvalue weighted by atomic mass is 15.3. The molecule has 0 aromatic rings. The van der Waals surface area contributed by atoms with Crippen molar-refractivity contribution in [2.45, 2.75) is 57.0 Å². The van der Waals surface area contributed by atoms with Gasteiger partial charge in [0.1, 0.15) is 0 Å². The first-order valence-corrected chi connectivity index (χ1v) is 8.50. The summed E-state index contributed by atoms with van der Waals surface area (Å²) < 4.78 is 0. The van der Waals surface area contributed by atoms with E-state index in [-0.39, 0.29) is 0 Å². The van der Waals surface area contributed by atoms with E-state index in [0.717, 1.165) is 18.0 Å². The first kappa shape index (κ1) is 13.8. The van der Waals surface area contributed by atoms with E-state index in [9.17, 15) is 0 Å². The molecule has 3 aliphatic rings. The van der Waals surface area contributed by atoms with Crippen LogP contribution in [-0.2, 0) is 0 Å². The zero-order valence-electron chi connectivity index (χ0n) is 12.6. The predicted octanol–water partition coefficient (Wildman–Crippen LogP) is 1.93. The van der Waals surface area contributed by atoms with Crippen LogP contribution in [0.15, 0.2) is 0 Å². The Morgan fingerprint density at radius 1 is 0.947 bits per heavy atom. The van der Waals surface area contributed by atoms with Crippen molar-refractivity contribution in [1.82, 2.24) is 15.1 Å². The summed E-state index contributed by atoms with van der Waals surface area (Å²) in [5.41, 5.74) is 0. The van der Waals surface area contributed by atoms with Gasteiger partial charge in [0.25, 0.3) is 0 Å². The van der Waals surface area contributed by atoms with E-state index in [1.807, 2.05) is 0 Å². The van der Waals surface area contributed by atoms with Gasteiger partial charge in [-0.3, -0.25) is 4.90 Å². The van der Waals surface area contributed by atoms with Crippen LogP contribution in [0, 0.1) is 5.92 Å². The molecule has 1 aliphatic carbocycles. The van der Waals surface area contributed by atoms with E-state index in [0.29, 0.717) is 0 Å². The largest absolute Gasteiger partial charge is 0.317 e. The van der Waals surface area contributed by atoms with Crippen LogP contribution in [0.5, 0.6) is 0 Å². The molecule has 3 heteroatoms. The second-order valence-corrected chi connectivity index (χ2v) is 6.88. The van der Waals surface area contributed by atoms with Gasteiger partial charge in [0.2, 0.25) is 0 Å². The molecule has 3 fully saturated rings. The molecular weight excluding hydrogens is 234 g/mol. The van der Waals surface area contributed by atoms with Crippen molar-refractivity contribution in [2.75, 3.05) is 39.8 Å². The van der Waals surface area contributed by atoms with Crippen LogP contribution in [0.4, 0.5) is 0 Å². The Morgan fingerprint density at radius 2 is 1.79 bits per heavy atom. The van der Waals surface area contributed by atoms with Gasteiger partial charge in [-0.05, 0) is 45.2 Å². The number of nitrogens with one attached hydrogen (secondary N) is 1. The second kappa shape index (κ2) is 6.55. The number of piperazine rings is 1. The van der Waals surface area contributed by atoms with Crippen LogP contribution in [0.1, 0.15) is 44.9 Å². The van der Waals surface area contributed by atoms with E-state index in [4.69, 9.17) is 0 Å². The number of fused-ring (bicyclic) bond motifs is 1. The van der Waals surface area contributed by atoms with Gasteiger partial charge in [-0.15, -0.1) is 0 Å². The van der Waals surface area contributed by atoms with Gasteiger partial charge < -0.3 is 10.2 Å². The summed E-state index contributed by atoms with van der Waals surface area (Å²) in [6.45, 7) is 6.68. The van der Waals surface area contributed by atoms with Crippen LogP contribution in [-0.4, -0.2) is 61.7 Å². The van der Waals surface area contributed by atoms with Gasteiger partial charge in [-0.2, -0.15) is 0 Å². The van der Waals surface area contributed by atoms with Gasteiger partial charge in [-0.25, -0.2) is 0 Å². The normalized spacial score (nSPS) is 38.1. The van der Waals surface area contributed by atoms with Crippen molar-refractivity contribution in [3.63, 3.8) is 0 Å². The summed E-state index contributed by atoms with van der Waals surface area (Å²) in [4.78, 5) is 5.52. The van der Waals surface area contributed by atoms with Crippen molar-refractivity contribution in [1.29, 1.82) is 0 Å². The predicted molar refractivity (Wildman–Crippen MR) is 80.5 cm³/mol. The first-order chi connectivity index (χ1) is 9.36. The number of rotatable bonds is 3. The number of hydrogen-bond donors (Lipinski definition) is 1. The Hall–Kier alpha value is -0.120. The number of hydrogen-bond acceptors (Lipinski definition) is 3. The van der Waals surface area contributed by atoms with Gasteiger partial charge in [-0.1, -0.05) is 19.3 Å². The van der Waals surface area contributed by atoms with Crippen molar-refractivity contribution in [2.24, 2.45) is 5.92 Å². The molecule has 3 nitrogen and oxygen atoms in total. The molecule has 1 saturated carbocycles. The monoisotopic (exact) mass is 265 g/mol. The fourth-order valence-corrected chi connectivity index (χ4v) is 4.52. The molecule has 2 aliphatic heterocycles. The maximum absolute atomic E-state index is 3.56. The van der Waals surface area contributed by atoms with Gasteiger partial charge in [0.15, 0.2) is 0 Å². The SMILES string of the molecule is CNC1CCCCC1CN1CCN2CCCCC2C1. The maximum atomic E-state index is 3.56. The lowest BCUT2D eigenvalue weighted by molar-refractivity contribution is 0.0351. The van der Waals surface area contributed by atoms with Crippen LogP contribution >= 0.6 is 0 Å². The summed E-state index contributed by atoms with van der Waals surface area (Å²) >= 11 is 0. The van der Waals surface area contributed by atoms with Crippen molar-refractivity contribution in [3.8, 4) is 0 Å². The molecule has 1 N–H and O–H groups in total. The summed E-state index contributed by atoms with van der Waals surface area (Å²) in [6, 6.07) is 1.65. The quantitative estimate of drug-likeness (QED) is 0.841. The summed E-state index contributed by atoms with van der Waals surface area (Å²) in [6.07, 6.45) is 10.0. The lowest BCUT2D eigenvalue weighted by atomic mass is 9.84. The summed E-state index contributed by atoms with van der Waals surface area (Å²) in [7, 11) is 2.15. The molecule has 2 heterocycles. The molecule has 0 aromatic carbocycles. The molecule has 110 valence electrons.